The number of aromatic nitrogens is 2. The lowest BCUT2D eigenvalue weighted by molar-refractivity contribution is 0.101. The Balaban J connectivity index is 2.22. The molecule has 0 unspecified atom stereocenters. The maximum absolute atomic E-state index is 12.0. The number of nitrogens with zero attached hydrogens (tertiary/aromatic N) is 2. The molecule has 17 heavy (non-hydrogen) atoms. The molecule has 2 aromatic rings. The van der Waals surface area contributed by atoms with Crippen LogP contribution in [0.3, 0.4) is 0 Å². The molecule has 0 saturated heterocycles. The van der Waals surface area contributed by atoms with Gasteiger partial charge in [-0.25, -0.2) is 0 Å². The van der Waals surface area contributed by atoms with Crippen LogP contribution in [0.15, 0.2) is 41.4 Å². The predicted octanol–water partition coefficient (Wildman–Crippen LogP) is 2.39. The minimum atomic E-state index is -0.147. The maximum atomic E-state index is 12.0. The van der Waals surface area contributed by atoms with E-state index in [-0.39, 0.29) is 5.91 Å². The van der Waals surface area contributed by atoms with E-state index >= 15 is 0 Å². The lowest BCUT2D eigenvalue weighted by atomic mass is 10.3. The number of hydrogen-bond donors (Lipinski definition) is 1. The van der Waals surface area contributed by atoms with Crippen molar-refractivity contribution in [2.75, 3.05) is 11.6 Å². The summed E-state index contributed by atoms with van der Waals surface area (Å²) in [4.78, 5) is 13.0. The van der Waals surface area contributed by atoms with Gasteiger partial charge in [0.05, 0.1) is 5.69 Å². The first kappa shape index (κ1) is 11.7. The van der Waals surface area contributed by atoms with Gasteiger partial charge in [0.1, 0.15) is 5.69 Å². The molecule has 0 aliphatic carbocycles. The molecular weight excluding hydrogens is 234 g/mol. The molecule has 4 nitrogen and oxygen atoms in total. The Morgan fingerprint density at radius 3 is 2.76 bits per heavy atom. The summed E-state index contributed by atoms with van der Waals surface area (Å²) in [6, 6.07) is 9.41. The number of anilines is 1. The van der Waals surface area contributed by atoms with E-state index in [1.54, 1.807) is 35.8 Å². The van der Waals surface area contributed by atoms with Crippen LogP contribution in [0.2, 0.25) is 0 Å². The van der Waals surface area contributed by atoms with Gasteiger partial charge in [0.25, 0.3) is 5.91 Å². The van der Waals surface area contributed by atoms with Crippen molar-refractivity contribution in [3.05, 3.63) is 42.2 Å². The molecule has 1 amide bonds. The van der Waals surface area contributed by atoms with Gasteiger partial charge in [-0.05, 0) is 24.5 Å². The van der Waals surface area contributed by atoms with Crippen LogP contribution in [-0.4, -0.2) is 21.9 Å². The molecule has 5 heteroatoms. The van der Waals surface area contributed by atoms with Crippen LogP contribution in [0.25, 0.3) is 0 Å². The normalized spacial score (nSPS) is 10.2. The molecule has 2 rings (SSSR count). The van der Waals surface area contributed by atoms with E-state index in [0.29, 0.717) is 5.69 Å². The predicted molar refractivity (Wildman–Crippen MR) is 69.4 cm³/mol. The topological polar surface area (TPSA) is 46.9 Å². The number of benzene rings is 1. The first-order valence-corrected chi connectivity index (χ1v) is 6.37. The number of nitrogens with one attached hydrogen (secondary N) is 1. The van der Waals surface area contributed by atoms with Crippen LogP contribution in [0, 0.1) is 0 Å². The highest BCUT2D eigenvalue weighted by atomic mass is 32.2. The zero-order valence-corrected chi connectivity index (χ0v) is 10.5. The minimum absolute atomic E-state index is 0.147. The molecule has 0 fully saturated rings. The molecule has 1 aromatic carbocycles. The fourth-order valence-corrected chi connectivity index (χ4v) is 2.08. The van der Waals surface area contributed by atoms with Crippen LogP contribution in [0.5, 0.6) is 0 Å². The van der Waals surface area contributed by atoms with Crippen molar-refractivity contribution in [3.8, 4) is 0 Å². The standard InChI is InChI=1S/C12H13N3OS/c1-15-10(7-8-13-15)12(16)14-9-5-3-4-6-11(9)17-2/h3-8H,1-2H3,(H,14,16). The van der Waals surface area contributed by atoms with E-state index in [4.69, 9.17) is 0 Å². The highest BCUT2D eigenvalue weighted by Gasteiger charge is 2.11. The number of thioether (sulfide) groups is 1. The van der Waals surface area contributed by atoms with Crippen LogP contribution in [0.1, 0.15) is 10.5 Å². The third kappa shape index (κ3) is 2.50. The fraction of sp³-hybridized carbons (Fsp3) is 0.167. The van der Waals surface area contributed by atoms with Gasteiger partial charge in [-0.2, -0.15) is 5.10 Å². The van der Waals surface area contributed by atoms with Crippen molar-refractivity contribution in [2.24, 2.45) is 7.05 Å². The first-order valence-electron chi connectivity index (χ1n) is 5.14. The second-order valence-corrected chi connectivity index (χ2v) is 4.34. The van der Waals surface area contributed by atoms with E-state index in [2.05, 4.69) is 10.4 Å². The molecule has 0 radical (unpaired) electrons. The summed E-state index contributed by atoms with van der Waals surface area (Å²) in [5.41, 5.74) is 1.37. The van der Waals surface area contributed by atoms with E-state index in [9.17, 15) is 4.79 Å². The summed E-state index contributed by atoms with van der Waals surface area (Å²) >= 11 is 1.60. The van der Waals surface area contributed by atoms with Crippen LogP contribution in [0.4, 0.5) is 5.69 Å². The molecule has 0 saturated carbocycles. The number of rotatable bonds is 3. The van der Waals surface area contributed by atoms with Crippen molar-refractivity contribution in [1.82, 2.24) is 9.78 Å². The van der Waals surface area contributed by atoms with Gasteiger partial charge in [0.15, 0.2) is 0 Å². The maximum Gasteiger partial charge on any atom is 0.273 e. The molecule has 88 valence electrons. The average Bonchev–Trinajstić information content (AvgIpc) is 2.76. The van der Waals surface area contributed by atoms with Gasteiger partial charge >= 0.3 is 0 Å². The first-order chi connectivity index (χ1) is 8.22. The number of hydrogen-bond acceptors (Lipinski definition) is 3. The molecule has 1 aromatic heterocycles. The average molecular weight is 247 g/mol. The Morgan fingerprint density at radius 1 is 1.35 bits per heavy atom. The molecule has 0 spiro atoms. The summed E-state index contributed by atoms with van der Waals surface area (Å²) in [5, 5.41) is 6.86. The fourth-order valence-electron chi connectivity index (χ4n) is 1.53. The van der Waals surface area contributed by atoms with E-state index in [1.807, 2.05) is 30.5 Å². The van der Waals surface area contributed by atoms with Crippen molar-refractivity contribution in [3.63, 3.8) is 0 Å². The van der Waals surface area contributed by atoms with Crippen molar-refractivity contribution < 1.29 is 4.79 Å². The number of amides is 1. The van der Waals surface area contributed by atoms with E-state index < -0.39 is 0 Å². The summed E-state index contributed by atoms with van der Waals surface area (Å²) in [6.45, 7) is 0. The van der Waals surface area contributed by atoms with E-state index in [0.717, 1.165) is 10.6 Å². The monoisotopic (exact) mass is 247 g/mol. The van der Waals surface area contributed by atoms with Gasteiger partial charge in [-0.3, -0.25) is 9.48 Å². The zero-order valence-electron chi connectivity index (χ0n) is 9.68. The van der Waals surface area contributed by atoms with Crippen molar-refractivity contribution in [1.29, 1.82) is 0 Å². The van der Waals surface area contributed by atoms with Gasteiger partial charge in [0, 0.05) is 18.1 Å². The Bertz CT molecular complexity index is 536. The molecule has 0 aliphatic rings. The summed E-state index contributed by atoms with van der Waals surface area (Å²) in [5.74, 6) is -0.147. The Kier molecular flexibility index (Phi) is 3.49. The number of aryl methyl sites for hydroxylation is 1. The lowest BCUT2D eigenvalue weighted by Crippen LogP contribution is -2.16. The molecule has 0 aliphatic heterocycles. The zero-order chi connectivity index (χ0) is 12.3. The number of para-hydroxylation sites is 1. The van der Waals surface area contributed by atoms with Gasteiger partial charge in [0.2, 0.25) is 0 Å². The van der Waals surface area contributed by atoms with Crippen LogP contribution >= 0.6 is 11.8 Å². The van der Waals surface area contributed by atoms with Crippen molar-refractivity contribution in [2.45, 2.75) is 4.90 Å². The SMILES string of the molecule is CSc1ccccc1NC(=O)c1ccnn1C. The molecule has 1 N–H and O–H groups in total. The Labute approximate surface area is 104 Å². The third-order valence-electron chi connectivity index (χ3n) is 2.41. The number of carbonyl (C=O) groups excluding carboxylic acids is 1. The van der Waals surface area contributed by atoms with Crippen LogP contribution < -0.4 is 5.32 Å². The molecule has 0 bridgehead atoms. The molecular formula is C12H13N3OS. The molecule has 1 heterocycles. The van der Waals surface area contributed by atoms with Crippen molar-refractivity contribution >= 4 is 23.4 Å². The molecule has 0 atom stereocenters. The highest BCUT2D eigenvalue weighted by Crippen LogP contribution is 2.24. The Morgan fingerprint density at radius 2 is 2.12 bits per heavy atom. The Hall–Kier alpha value is -1.75. The number of carbonyl (C=O) groups is 1. The van der Waals surface area contributed by atoms with Crippen LogP contribution in [-0.2, 0) is 7.05 Å². The van der Waals surface area contributed by atoms with Gasteiger partial charge < -0.3 is 5.32 Å². The summed E-state index contributed by atoms with van der Waals surface area (Å²) in [6.07, 6.45) is 3.59. The quantitative estimate of drug-likeness (QED) is 0.847. The largest absolute Gasteiger partial charge is 0.320 e. The minimum Gasteiger partial charge on any atom is -0.320 e. The summed E-state index contributed by atoms with van der Waals surface area (Å²) in [7, 11) is 1.75. The van der Waals surface area contributed by atoms with Gasteiger partial charge in [-0.15, -0.1) is 11.8 Å². The summed E-state index contributed by atoms with van der Waals surface area (Å²) < 4.78 is 1.55. The smallest absolute Gasteiger partial charge is 0.273 e. The van der Waals surface area contributed by atoms with E-state index in [1.165, 1.54) is 0 Å². The van der Waals surface area contributed by atoms with Gasteiger partial charge in [-0.1, -0.05) is 12.1 Å². The highest BCUT2D eigenvalue weighted by molar-refractivity contribution is 7.98. The lowest BCUT2D eigenvalue weighted by Gasteiger charge is -2.08. The second-order valence-electron chi connectivity index (χ2n) is 3.49. The second kappa shape index (κ2) is 5.05. The third-order valence-corrected chi connectivity index (χ3v) is 3.20.